The minimum Gasteiger partial charge on any atom is -0.447 e. The summed E-state index contributed by atoms with van der Waals surface area (Å²) in [5.41, 5.74) is 0. The van der Waals surface area contributed by atoms with Crippen LogP contribution >= 0.6 is 0 Å². The van der Waals surface area contributed by atoms with Gasteiger partial charge in [-0.05, 0) is 6.42 Å². The van der Waals surface area contributed by atoms with Crippen molar-refractivity contribution in [2.75, 3.05) is 26.8 Å². The van der Waals surface area contributed by atoms with Gasteiger partial charge in [-0.2, -0.15) is 0 Å². The Morgan fingerprint density at radius 2 is 2.27 bits per heavy atom. The van der Waals surface area contributed by atoms with Gasteiger partial charge in [-0.15, -0.1) is 0 Å². The molecule has 0 spiro atoms. The molecule has 0 aliphatic heterocycles. The first-order valence-corrected chi connectivity index (χ1v) is 3.71. The number of aliphatic hydroxyl groups is 1. The number of carbonyl (C=O) groups excluding carboxylic acids is 1. The maximum Gasteiger partial charge on any atom is 0.409 e. The summed E-state index contributed by atoms with van der Waals surface area (Å²) < 4.78 is 4.64. The van der Waals surface area contributed by atoms with Gasteiger partial charge >= 0.3 is 6.09 Å². The van der Waals surface area contributed by atoms with Gasteiger partial charge in [-0.1, -0.05) is 6.92 Å². The zero-order valence-electron chi connectivity index (χ0n) is 7.04. The third-order valence-corrected chi connectivity index (χ3v) is 1.19. The minimum atomic E-state index is -0.374. The minimum absolute atomic E-state index is 0.0763. The predicted molar refractivity (Wildman–Crippen MR) is 41.4 cm³/mol. The van der Waals surface area contributed by atoms with Gasteiger partial charge in [0, 0.05) is 13.6 Å². The average Bonchev–Trinajstić information content (AvgIpc) is 2.00. The van der Waals surface area contributed by atoms with Crippen LogP contribution in [0, 0.1) is 0 Å². The van der Waals surface area contributed by atoms with E-state index in [2.05, 4.69) is 4.74 Å². The summed E-state index contributed by atoms with van der Waals surface area (Å²) in [5.74, 6) is 0. The van der Waals surface area contributed by atoms with Gasteiger partial charge < -0.3 is 14.7 Å². The topological polar surface area (TPSA) is 49.8 Å². The highest BCUT2D eigenvalue weighted by Gasteiger charge is 2.06. The number of amides is 1. The molecule has 1 N–H and O–H groups in total. The lowest BCUT2D eigenvalue weighted by Crippen LogP contribution is -2.28. The molecule has 0 saturated carbocycles. The lowest BCUT2D eigenvalue weighted by molar-refractivity contribution is 0.0911. The van der Waals surface area contributed by atoms with Gasteiger partial charge in [0.2, 0.25) is 0 Å². The van der Waals surface area contributed by atoms with Gasteiger partial charge in [0.15, 0.2) is 0 Å². The van der Waals surface area contributed by atoms with E-state index in [1.165, 1.54) is 4.90 Å². The van der Waals surface area contributed by atoms with Gasteiger partial charge in [-0.25, -0.2) is 4.79 Å². The van der Waals surface area contributed by atoms with Gasteiger partial charge in [0.25, 0.3) is 0 Å². The molecule has 0 bridgehead atoms. The number of rotatable bonds is 4. The molecule has 4 heteroatoms. The first kappa shape index (κ1) is 10.2. The third kappa shape index (κ3) is 4.61. The van der Waals surface area contributed by atoms with Crippen LogP contribution in [-0.4, -0.2) is 42.9 Å². The summed E-state index contributed by atoms with van der Waals surface area (Å²) in [4.78, 5) is 12.4. The van der Waals surface area contributed by atoms with E-state index >= 15 is 0 Å². The van der Waals surface area contributed by atoms with Crippen LogP contribution in [0.5, 0.6) is 0 Å². The third-order valence-electron chi connectivity index (χ3n) is 1.19. The van der Waals surface area contributed by atoms with Crippen LogP contribution in [0.2, 0.25) is 0 Å². The molecule has 0 fully saturated rings. The van der Waals surface area contributed by atoms with Crippen molar-refractivity contribution >= 4 is 6.09 Å². The molecule has 66 valence electrons. The zero-order valence-corrected chi connectivity index (χ0v) is 7.04. The molecule has 0 unspecified atom stereocenters. The second-order valence-electron chi connectivity index (χ2n) is 2.26. The Morgan fingerprint density at radius 1 is 1.64 bits per heavy atom. The first-order valence-electron chi connectivity index (χ1n) is 3.71. The number of nitrogens with zero attached hydrogens (tertiary/aromatic N) is 1. The number of carbonyl (C=O) groups is 1. The van der Waals surface area contributed by atoms with Crippen molar-refractivity contribution in [3.8, 4) is 0 Å². The molecule has 0 radical (unpaired) electrons. The average molecular weight is 161 g/mol. The monoisotopic (exact) mass is 161 g/mol. The molecule has 0 aromatic rings. The largest absolute Gasteiger partial charge is 0.447 e. The van der Waals surface area contributed by atoms with Crippen LogP contribution in [0.25, 0.3) is 0 Å². The van der Waals surface area contributed by atoms with Crippen molar-refractivity contribution in [1.82, 2.24) is 4.90 Å². The molecule has 0 aliphatic rings. The van der Waals surface area contributed by atoms with Gasteiger partial charge in [0.1, 0.15) is 6.61 Å². The van der Waals surface area contributed by atoms with Crippen molar-refractivity contribution in [2.45, 2.75) is 13.3 Å². The predicted octanol–water partition coefficient (Wildman–Crippen LogP) is 0.457. The van der Waals surface area contributed by atoms with Crippen LogP contribution in [0.3, 0.4) is 0 Å². The molecule has 1 amide bonds. The quantitative estimate of drug-likeness (QED) is 0.651. The summed E-state index contributed by atoms with van der Waals surface area (Å²) in [6.07, 6.45) is 0.533. The summed E-state index contributed by atoms with van der Waals surface area (Å²) in [7, 11) is 1.67. The molecular formula is C7H15NO3. The summed E-state index contributed by atoms with van der Waals surface area (Å²) in [6, 6.07) is 0. The smallest absolute Gasteiger partial charge is 0.409 e. The Morgan fingerprint density at radius 3 is 2.73 bits per heavy atom. The fraction of sp³-hybridized carbons (Fsp3) is 0.857. The van der Waals surface area contributed by atoms with Gasteiger partial charge in [-0.3, -0.25) is 0 Å². The standard InChI is InChI=1S/C7H15NO3/c1-3-4-8(2)7(10)11-6-5-9/h9H,3-6H2,1-2H3. The molecule has 0 atom stereocenters. The van der Waals surface area contributed by atoms with E-state index in [-0.39, 0.29) is 19.3 Å². The molecule has 0 aromatic heterocycles. The molecule has 0 rings (SSSR count). The molecule has 0 heterocycles. The van der Waals surface area contributed by atoms with E-state index < -0.39 is 0 Å². The van der Waals surface area contributed by atoms with E-state index in [0.717, 1.165) is 6.42 Å². The van der Waals surface area contributed by atoms with Crippen molar-refractivity contribution in [2.24, 2.45) is 0 Å². The number of hydrogen-bond acceptors (Lipinski definition) is 3. The Balaban J connectivity index is 3.47. The maximum atomic E-state index is 10.9. The second-order valence-corrected chi connectivity index (χ2v) is 2.26. The summed E-state index contributed by atoms with van der Waals surface area (Å²) in [5, 5.41) is 8.33. The molecule has 0 saturated heterocycles. The first-order chi connectivity index (χ1) is 5.22. The molecular weight excluding hydrogens is 146 g/mol. The van der Waals surface area contributed by atoms with Crippen LogP contribution < -0.4 is 0 Å². The molecule has 0 aliphatic carbocycles. The van der Waals surface area contributed by atoms with E-state index in [9.17, 15) is 4.79 Å². The second kappa shape index (κ2) is 5.97. The highest BCUT2D eigenvalue weighted by atomic mass is 16.6. The van der Waals surface area contributed by atoms with E-state index in [1.807, 2.05) is 6.92 Å². The Hall–Kier alpha value is -0.770. The Kier molecular flexibility index (Phi) is 5.56. The summed E-state index contributed by atoms with van der Waals surface area (Å²) >= 11 is 0. The number of aliphatic hydroxyl groups excluding tert-OH is 1. The maximum absolute atomic E-state index is 10.9. The van der Waals surface area contributed by atoms with Crippen molar-refractivity contribution < 1.29 is 14.6 Å². The van der Waals surface area contributed by atoms with E-state index in [0.29, 0.717) is 6.54 Å². The lowest BCUT2D eigenvalue weighted by Gasteiger charge is -2.14. The lowest BCUT2D eigenvalue weighted by atomic mass is 10.5. The Labute approximate surface area is 66.8 Å². The summed E-state index contributed by atoms with van der Waals surface area (Å²) in [6.45, 7) is 2.62. The van der Waals surface area contributed by atoms with Crippen LogP contribution in [-0.2, 0) is 4.74 Å². The van der Waals surface area contributed by atoms with Crippen molar-refractivity contribution in [3.63, 3.8) is 0 Å². The number of hydrogen-bond donors (Lipinski definition) is 1. The normalized spacial score (nSPS) is 9.36. The van der Waals surface area contributed by atoms with Crippen LogP contribution in [0.4, 0.5) is 4.79 Å². The van der Waals surface area contributed by atoms with Gasteiger partial charge in [0.05, 0.1) is 6.61 Å². The van der Waals surface area contributed by atoms with Crippen molar-refractivity contribution in [3.05, 3.63) is 0 Å². The van der Waals surface area contributed by atoms with Crippen LogP contribution in [0.15, 0.2) is 0 Å². The Bertz CT molecular complexity index is 116. The fourth-order valence-electron chi connectivity index (χ4n) is 0.670. The molecule has 0 aromatic carbocycles. The molecule has 11 heavy (non-hydrogen) atoms. The van der Waals surface area contributed by atoms with E-state index in [4.69, 9.17) is 5.11 Å². The van der Waals surface area contributed by atoms with Crippen molar-refractivity contribution in [1.29, 1.82) is 0 Å². The van der Waals surface area contributed by atoms with E-state index in [1.54, 1.807) is 7.05 Å². The highest BCUT2D eigenvalue weighted by molar-refractivity contribution is 5.67. The fourth-order valence-corrected chi connectivity index (χ4v) is 0.670. The highest BCUT2D eigenvalue weighted by Crippen LogP contribution is 1.91. The van der Waals surface area contributed by atoms with Crippen LogP contribution in [0.1, 0.15) is 13.3 Å². The molecule has 4 nitrogen and oxygen atoms in total. The zero-order chi connectivity index (χ0) is 8.69. The number of ether oxygens (including phenoxy) is 1. The SMILES string of the molecule is CCCN(C)C(=O)OCCO.